The van der Waals surface area contributed by atoms with Gasteiger partial charge in [-0.05, 0) is 16.5 Å². The van der Waals surface area contributed by atoms with Crippen LogP contribution in [0.3, 0.4) is 0 Å². The number of hydrogen-bond acceptors (Lipinski definition) is 2. The Labute approximate surface area is 90.9 Å². The number of benzene rings is 1. The molecular formula is C13H17NO. The molecule has 0 N–H and O–H groups in total. The van der Waals surface area contributed by atoms with Gasteiger partial charge in [0, 0.05) is 12.6 Å². The predicted molar refractivity (Wildman–Crippen MR) is 62.1 cm³/mol. The van der Waals surface area contributed by atoms with Crippen LogP contribution in [0.1, 0.15) is 44.4 Å². The number of hydrogen-bond donors (Lipinski definition) is 0. The van der Waals surface area contributed by atoms with Crippen molar-refractivity contribution in [3.05, 3.63) is 35.4 Å². The molecule has 1 aliphatic rings. The lowest BCUT2D eigenvalue weighted by Crippen LogP contribution is -2.11. The van der Waals surface area contributed by atoms with Gasteiger partial charge in [-0.3, -0.25) is 0 Å². The average Bonchev–Trinajstić information content (AvgIpc) is 2.69. The quantitative estimate of drug-likeness (QED) is 0.685. The molecule has 1 unspecified atom stereocenters. The Hall–Kier alpha value is -1.31. The number of oxime groups is 1. The van der Waals surface area contributed by atoms with Gasteiger partial charge in [-0.2, -0.15) is 0 Å². The van der Waals surface area contributed by atoms with Crippen molar-refractivity contribution in [2.45, 2.75) is 38.7 Å². The predicted octanol–water partition coefficient (Wildman–Crippen LogP) is 3.43. The minimum atomic E-state index is 0.124. The van der Waals surface area contributed by atoms with Gasteiger partial charge in [0.25, 0.3) is 0 Å². The van der Waals surface area contributed by atoms with Crippen LogP contribution in [0, 0.1) is 0 Å². The summed E-state index contributed by atoms with van der Waals surface area (Å²) in [5.41, 5.74) is 2.77. The van der Waals surface area contributed by atoms with Gasteiger partial charge in [0.1, 0.15) is 0 Å². The Morgan fingerprint density at radius 3 is 2.33 bits per heavy atom. The first-order chi connectivity index (χ1) is 7.07. The molecule has 0 saturated carbocycles. The topological polar surface area (TPSA) is 21.6 Å². The largest absolute Gasteiger partial charge is 0.388 e. The average molecular weight is 203 g/mol. The van der Waals surface area contributed by atoms with Crippen LogP contribution in [0.15, 0.2) is 29.4 Å². The first-order valence-corrected chi connectivity index (χ1v) is 5.35. The monoisotopic (exact) mass is 203 g/mol. The van der Waals surface area contributed by atoms with Crippen molar-refractivity contribution in [2.24, 2.45) is 5.16 Å². The third kappa shape index (κ3) is 2.20. The van der Waals surface area contributed by atoms with Gasteiger partial charge in [-0.15, -0.1) is 0 Å². The zero-order chi connectivity index (χ0) is 10.9. The maximum absolute atomic E-state index is 5.23. The van der Waals surface area contributed by atoms with Crippen LogP contribution in [0.25, 0.3) is 0 Å². The summed E-state index contributed by atoms with van der Waals surface area (Å²) in [6.07, 6.45) is 2.83. The van der Waals surface area contributed by atoms with Crippen LogP contribution in [-0.2, 0) is 10.3 Å². The van der Waals surface area contributed by atoms with Crippen LogP contribution < -0.4 is 0 Å². The molecule has 2 rings (SSSR count). The van der Waals surface area contributed by atoms with Crippen LogP contribution in [-0.4, -0.2) is 6.21 Å². The number of nitrogens with zero attached hydrogens (tertiary/aromatic N) is 1. The number of rotatable bonds is 1. The van der Waals surface area contributed by atoms with Gasteiger partial charge in [-0.1, -0.05) is 50.2 Å². The summed E-state index contributed by atoms with van der Waals surface area (Å²) in [4.78, 5) is 5.23. The fraction of sp³-hybridized carbons (Fsp3) is 0.462. The zero-order valence-corrected chi connectivity index (χ0v) is 9.53. The van der Waals surface area contributed by atoms with E-state index in [9.17, 15) is 0 Å². The molecule has 80 valence electrons. The molecule has 1 aromatic carbocycles. The van der Waals surface area contributed by atoms with Gasteiger partial charge in [0.05, 0.1) is 0 Å². The van der Waals surface area contributed by atoms with E-state index in [2.05, 4.69) is 50.2 Å². The Balaban J connectivity index is 2.17. The summed E-state index contributed by atoms with van der Waals surface area (Å²) in [5.74, 6) is 0. The summed E-state index contributed by atoms with van der Waals surface area (Å²) in [5, 5.41) is 3.79. The standard InChI is InChI=1S/C13H17NO/c1-13(2,3)11-6-4-10(5-7-11)12-8-9-14-15-12/h4-7,9,12H,8H2,1-3H3. The SMILES string of the molecule is CC(C)(C)c1ccc(C2CC=NO2)cc1. The second-order valence-electron chi connectivity index (χ2n) is 4.99. The Kier molecular flexibility index (Phi) is 2.51. The van der Waals surface area contributed by atoms with Crippen molar-refractivity contribution in [1.82, 2.24) is 0 Å². The summed E-state index contributed by atoms with van der Waals surface area (Å²) in [6, 6.07) is 8.63. The second kappa shape index (κ2) is 3.69. The van der Waals surface area contributed by atoms with Gasteiger partial charge < -0.3 is 4.84 Å². The fourth-order valence-corrected chi connectivity index (χ4v) is 1.69. The third-order valence-corrected chi connectivity index (χ3v) is 2.73. The summed E-state index contributed by atoms with van der Waals surface area (Å²) < 4.78 is 0. The Morgan fingerprint density at radius 2 is 1.87 bits per heavy atom. The van der Waals surface area contributed by atoms with E-state index in [4.69, 9.17) is 4.84 Å². The van der Waals surface area contributed by atoms with Gasteiger partial charge in [-0.25, -0.2) is 0 Å². The summed E-state index contributed by atoms with van der Waals surface area (Å²) in [7, 11) is 0. The molecule has 15 heavy (non-hydrogen) atoms. The lowest BCUT2D eigenvalue weighted by molar-refractivity contribution is 0.0858. The van der Waals surface area contributed by atoms with Crippen LogP contribution in [0.4, 0.5) is 0 Å². The first-order valence-electron chi connectivity index (χ1n) is 5.35. The Bertz CT molecular complexity index is 351. The summed E-state index contributed by atoms with van der Waals surface area (Å²) in [6.45, 7) is 6.66. The highest BCUT2D eigenvalue weighted by atomic mass is 16.6. The Morgan fingerprint density at radius 1 is 1.20 bits per heavy atom. The maximum Gasteiger partial charge on any atom is 0.157 e. The molecule has 1 aliphatic heterocycles. The molecule has 1 atom stereocenters. The molecule has 0 spiro atoms. The van der Waals surface area contributed by atoms with Gasteiger partial charge in [0.2, 0.25) is 0 Å². The van der Waals surface area contributed by atoms with E-state index in [1.807, 2.05) is 6.21 Å². The van der Waals surface area contributed by atoms with Crippen molar-refractivity contribution < 1.29 is 4.84 Å². The van der Waals surface area contributed by atoms with Crippen molar-refractivity contribution in [1.29, 1.82) is 0 Å². The fourth-order valence-electron chi connectivity index (χ4n) is 1.69. The van der Waals surface area contributed by atoms with Crippen LogP contribution in [0.5, 0.6) is 0 Å². The molecule has 2 nitrogen and oxygen atoms in total. The second-order valence-corrected chi connectivity index (χ2v) is 4.99. The van der Waals surface area contributed by atoms with Crippen LogP contribution in [0.2, 0.25) is 0 Å². The molecule has 1 heterocycles. The van der Waals surface area contributed by atoms with E-state index in [1.165, 1.54) is 11.1 Å². The van der Waals surface area contributed by atoms with E-state index in [0.29, 0.717) is 0 Å². The molecule has 2 heteroatoms. The van der Waals surface area contributed by atoms with Crippen molar-refractivity contribution in [3.63, 3.8) is 0 Å². The molecule has 0 bridgehead atoms. The van der Waals surface area contributed by atoms with Crippen LogP contribution >= 0.6 is 0 Å². The summed E-state index contributed by atoms with van der Waals surface area (Å²) >= 11 is 0. The maximum atomic E-state index is 5.23. The van der Waals surface area contributed by atoms with E-state index in [0.717, 1.165) is 6.42 Å². The van der Waals surface area contributed by atoms with E-state index in [1.54, 1.807) is 0 Å². The highest BCUT2D eigenvalue weighted by Crippen LogP contribution is 2.27. The zero-order valence-electron chi connectivity index (χ0n) is 9.53. The van der Waals surface area contributed by atoms with Crippen molar-refractivity contribution in [2.75, 3.05) is 0 Å². The molecule has 0 fully saturated rings. The third-order valence-electron chi connectivity index (χ3n) is 2.73. The molecule has 1 aromatic rings. The molecular weight excluding hydrogens is 186 g/mol. The normalized spacial score (nSPS) is 20.3. The molecule has 0 radical (unpaired) electrons. The minimum Gasteiger partial charge on any atom is -0.388 e. The van der Waals surface area contributed by atoms with Gasteiger partial charge in [0.15, 0.2) is 6.10 Å². The molecule has 0 amide bonds. The van der Waals surface area contributed by atoms with E-state index >= 15 is 0 Å². The van der Waals surface area contributed by atoms with E-state index in [-0.39, 0.29) is 11.5 Å². The smallest absolute Gasteiger partial charge is 0.157 e. The lowest BCUT2D eigenvalue weighted by atomic mass is 9.86. The van der Waals surface area contributed by atoms with E-state index < -0.39 is 0 Å². The highest BCUT2D eigenvalue weighted by Gasteiger charge is 2.18. The highest BCUT2D eigenvalue weighted by molar-refractivity contribution is 5.59. The molecule has 0 aliphatic carbocycles. The lowest BCUT2D eigenvalue weighted by Gasteiger charge is -2.19. The molecule has 0 saturated heterocycles. The molecule has 0 aromatic heterocycles. The first kappa shape index (κ1) is 10.2. The van der Waals surface area contributed by atoms with Gasteiger partial charge >= 0.3 is 0 Å². The minimum absolute atomic E-state index is 0.124. The van der Waals surface area contributed by atoms with Crippen molar-refractivity contribution in [3.8, 4) is 0 Å². The van der Waals surface area contributed by atoms with Crippen molar-refractivity contribution >= 4 is 6.21 Å².